The number of phenolic OH excluding ortho intramolecular Hbond substituents is 1. The summed E-state index contributed by atoms with van der Waals surface area (Å²) in [5.74, 6) is -0.355. The standard InChI is InChI=1S/C22H25N3O5S/c1-16-4-9-19(26)20(15-16)31(29,30)24-13-11-23(12-14-24)22(28)17-5-7-18(8-6-17)25-10-2-3-21(25)27/h4-9,15,26H,2-3,10-14H2,1H3. The first-order valence-electron chi connectivity index (χ1n) is 10.3. The first-order valence-corrected chi connectivity index (χ1v) is 11.7. The molecule has 2 amide bonds. The first kappa shape index (κ1) is 21.3. The van der Waals surface area contributed by atoms with Crippen LogP contribution in [0.5, 0.6) is 5.75 Å². The molecule has 2 heterocycles. The van der Waals surface area contributed by atoms with Crippen LogP contribution in [-0.2, 0) is 14.8 Å². The Hall–Kier alpha value is -2.91. The zero-order valence-corrected chi connectivity index (χ0v) is 18.1. The van der Waals surface area contributed by atoms with Crippen LogP contribution in [0.25, 0.3) is 0 Å². The van der Waals surface area contributed by atoms with E-state index >= 15 is 0 Å². The molecule has 0 aliphatic carbocycles. The van der Waals surface area contributed by atoms with Crippen LogP contribution >= 0.6 is 0 Å². The third kappa shape index (κ3) is 4.15. The number of carbonyl (C=O) groups excluding carboxylic acids is 2. The third-order valence-electron chi connectivity index (χ3n) is 5.76. The molecular weight excluding hydrogens is 418 g/mol. The minimum Gasteiger partial charge on any atom is -0.507 e. The van der Waals surface area contributed by atoms with Gasteiger partial charge in [-0.1, -0.05) is 6.07 Å². The van der Waals surface area contributed by atoms with Gasteiger partial charge in [-0.15, -0.1) is 0 Å². The lowest BCUT2D eigenvalue weighted by atomic mass is 10.1. The largest absolute Gasteiger partial charge is 0.507 e. The predicted octanol–water partition coefficient (Wildman–Crippen LogP) is 1.97. The molecule has 0 spiro atoms. The van der Waals surface area contributed by atoms with Crippen LogP contribution in [0.15, 0.2) is 47.4 Å². The quantitative estimate of drug-likeness (QED) is 0.779. The Labute approximate surface area is 181 Å². The number of sulfonamides is 1. The van der Waals surface area contributed by atoms with E-state index in [9.17, 15) is 23.1 Å². The summed E-state index contributed by atoms with van der Waals surface area (Å²) in [5, 5.41) is 10.0. The van der Waals surface area contributed by atoms with Gasteiger partial charge in [-0.05, 0) is 55.3 Å². The third-order valence-corrected chi connectivity index (χ3v) is 7.69. The average molecular weight is 444 g/mol. The molecule has 2 aliphatic rings. The van der Waals surface area contributed by atoms with Gasteiger partial charge in [-0.3, -0.25) is 9.59 Å². The van der Waals surface area contributed by atoms with Gasteiger partial charge in [0.2, 0.25) is 15.9 Å². The van der Waals surface area contributed by atoms with Crippen LogP contribution in [0.1, 0.15) is 28.8 Å². The molecule has 8 nitrogen and oxygen atoms in total. The number of anilines is 1. The van der Waals surface area contributed by atoms with Crippen LogP contribution in [0.4, 0.5) is 5.69 Å². The summed E-state index contributed by atoms with van der Waals surface area (Å²) in [6, 6.07) is 11.4. The monoisotopic (exact) mass is 443 g/mol. The highest BCUT2D eigenvalue weighted by Gasteiger charge is 2.32. The van der Waals surface area contributed by atoms with E-state index in [-0.39, 0.29) is 48.6 Å². The highest BCUT2D eigenvalue weighted by Crippen LogP contribution is 2.28. The van der Waals surface area contributed by atoms with Crippen molar-refractivity contribution in [2.24, 2.45) is 0 Å². The van der Waals surface area contributed by atoms with Gasteiger partial charge in [0.15, 0.2) is 0 Å². The van der Waals surface area contributed by atoms with Gasteiger partial charge in [0.1, 0.15) is 10.6 Å². The number of rotatable bonds is 4. The topological polar surface area (TPSA) is 98.2 Å². The summed E-state index contributed by atoms with van der Waals surface area (Å²) in [6.07, 6.45) is 1.39. The number of hydrogen-bond donors (Lipinski definition) is 1. The number of aryl methyl sites for hydroxylation is 1. The first-order chi connectivity index (χ1) is 14.8. The van der Waals surface area contributed by atoms with Crippen molar-refractivity contribution in [1.82, 2.24) is 9.21 Å². The van der Waals surface area contributed by atoms with Gasteiger partial charge in [0, 0.05) is 50.4 Å². The lowest BCUT2D eigenvalue weighted by Crippen LogP contribution is -2.50. The van der Waals surface area contributed by atoms with Crippen LogP contribution in [0.3, 0.4) is 0 Å². The molecule has 31 heavy (non-hydrogen) atoms. The number of amides is 2. The Morgan fingerprint density at radius 1 is 0.968 bits per heavy atom. The molecule has 2 fully saturated rings. The van der Waals surface area contributed by atoms with Crippen molar-refractivity contribution < 1.29 is 23.1 Å². The van der Waals surface area contributed by atoms with Crippen molar-refractivity contribution in [2.75, 3.05) is 37.6 Å². The second-order valence-corrected chi connectivity index (χ2v) is 9.77. The van der Waals surface area contributed by atoms with Gasteiger partial charge in [-0.25, -0.2) is 8.42 Å². The number of phenols is 1. The van der Waals surface area contributed by atoms with E-state index < -0.39 is 10.0 Å². The molecule has 0 saturated carbocycles. The van der Waals surface area contributed by atoms with Crippen LogP contribution in [0.2, 0.25) is 0 Å². The number of hydrogen-bond acceptors (Lipinski definition) is 5. The highest BCUT2D eigenvalue weighted by molar-refractivity contribution is 7.89. The molecule has 2 saturated heterocycles. The van der Waals surface area contributed by atoms with E-state index in [0.717, 1.165) is 17.7 Å². The SMILES string of the molecule is Cc1ccc(O)c(S(=O)(=O)N2CCN(C(=O)c3ccc(N4CCCC4=O)cc3)CC2)c1. The van der Waals surface area contributed by atoms with Gasteiger partial charge >= 0.3 is 0 Å². The van der Waals surface area contributed by atoms with E-state index in [4.69, 9.17) is 0 Å². The maximum absolute atomic E-state index is 12.9. The van der Waals surface area contributed by atoms with E-state index in [1.807, 2.05) is 0 Å². The second kappa shape index (κ2) is 8.32. The Kier molecular flexibility index (Phi) is 5.72. The number of aromatic hydroxyl groups is 1. The molecule has 2 aromatic rings. The molecule has 0 unspecified atom stereocenters. The number of carbonyl (C=O) groups is 2. The van der Waals surface area contributed by atoms with Crippen molar-refractivity contribution in [3.63, 3.8) is 0 Å². The molecule has 2 aromatic carbocycles. The van der Waals surface area contributed by atoms with Crippen molar-refractivity contribution >= 4 is 27.5 Å². The van der Waals surface area contributed by atoms with Crippen LogP contribution in [0, 0.1) is 6.92 Å². The minimum absolute atomic E-state index is 0.0936. The fourth-order valence-electron chi connectivity index (χ4n) is 3.99. The van der Waals surface area contributed by atoms with Crippen molar-refractivity contribution in [1.29, 1.82) is 0 Å². The van der Waals surface area contributed by atoms with Crippen molar-refractivity contribution in [3.05, 3.63) is 53.6 Å². The molecule has 2 aliphatic heterocycles. The zero-order valence-electron chi connectivity index (χ0n) is 17.3. The van der Waals surface area contributed by atoms with Gasteiger partial charge in [0.25, 0.3) is 5.91 Å². The molecular formula is C22H25N3O5S. The van der Waals surface area contributed by atoms with Crippen molar-refractivity contribution in [2.45, 2.75) is 24.7 Å². The Morgan fingerprint density at radius 3 is 2.26 bits per heavy atom. The molecule has 0 atom stereocenters. The Bertz CT molecular complexity index is 1110. The van der Waals surface area contributed by atoms with Crippen LogP contribution < -0.4 is 4.90 Å². The van der Waals surface area contributed by atoms with E-state index in [1.165, 1.54) is 16.4 Å². The van der Waals surface area contributed by atoms with Crippen LogP contribution in [-0.4, -0.2) is 67.3 Å². The average Bonchev–Trinajstić information content (AvgIpc) is 3.21. The number of benzene rings is 2. The number of nitrogens with zero attached hydrogens (tertiary/aromatic N) is 3. The summed E-state index contributed by atoms with van der Waals surface area (Å²) in [6.45, 7) is 3.29. The summed E-state index contributed by atoms with van der Waals surface area (Å²) >= 11 is 0. The maximum Gasteiger partial charge on any atom is 0.253 e. The van der Waals surface area contributed by atoms with E-state index in [2.05, 4.69) is 0 Å². The Balaban J connectivity index is 1.42. The fourth-order valence-corrected chi connectivity index (χ4v) is 5.58. The molecule has 9 heteroatoms. The molecule has 164 valence electrons. The van der Waals surface area contributed by atoms with Gasteiger partial charge in [-0.2, -0.15) is 4.31 Å². The van der Waals surface area contributed by atoms with Gasteiger partial charge in [0.05, 0.1) is 0 Å². The molecule has 1 N–H and O–H groups in total. The maximum atomic E-state index is 12.9. The molecule has 0 radical (unpaired) electrons. The molecule has 4 rings (SSSR count). The summed E-state index contributed by atoms with van der Waals surface area (Å²) in [5.41, 5.74) is 2.03. The summed E-state index contributed by atoms with van der Waals surface area (Å²) < 4.78 is 27.2. The van der Waals surface area contributed by atoms with E-state index in [0.29, 0.717) is 18.5 Å². The fraction of sp³-hybridized carbons (Fsp3) is 0.364. The van der Waals surface area contributed by atoms with Gasteiger partial charge < -0.3 is 14.9 Å². The highest BCUT2D eigenvalue weighted by atomic mass is 32.2. The summed E-state index contributed by atoms with van der Waals surface area (Å²) in [4.78, 5) is 28.0. The minimum atomic E-state index is -3.84. The zero-order chi connectivity index (χ0) is 22.2. The second-order valence-electron chi connectivity index (χ2n) is 7.86. The normalized spacial score (nSPS) is 17.9. The molecule has 0 aromatic heterocycles. The Morgan fingerprint density at radius 2 is 1.65 bits per heavy atom. The smallest absolute Gasteiger partial charge is 0.253 e. The number of piperazine rings is 1. The predicted molar refractivity (Wildman–Crippen MR) is 116 cm³/mol. The molecule has 0 bridgehead atoms. The van der Waals surface area contributed by atoms with Crippen molar-refractivity contribution in [3.8, 4) is 5.75 Å². The lowest BCUT2D eigenvalue weighted by molar-refractivity contribution is -0.117. The summed E-state index contributed by atoms with van der Waals surface area (Å²) in [7, 11) is -3.84. The van der Waals surface area contributed by atoms with E-state index in [1.54, 1.807) is 47.1 Å². The lowest BCUT2D eigenvalue weighted by Gasteiger charge is -2.34.